The van der Waals surface area contributed by atoms with Crippen molar-refractivity contribution in [2.45, 2.75) is 46.1 Å². The maximum atomic E-state index is 13.0. The summed E-state index contributed by atoms with van der Waals surface area (Å²) >= 11 is 0. The van der Waals surface area contributed by atoms with Crippen molar-refractivity contribution in [3.8, 4) is 0 Å². The lowest BCUT2D eigenvalue weighted by Gasteiger charge is -2.28. The van der Waals surface area contributed by atoms with Gasteiger partial charge in [-0.3, -0.25) is 4.98 Å². The predicted molar refractivity (Wildman–Crippen MR) is 82.7 cm³/mol. The molecule has 3 heteroatoms. The molecule has 0 fully saturated rings. The van der Waals surface area contributed by atoms with Gasteiger partial charge in [0.15, 0.2) is 0 Å². The molecule has 0 saturated carbocycles. The second-order valence-electron chi connectivity index (χ2n) is 5.80. The standard InChI is InChI=1S/C18H22FNO/c1-5-18(21,17-7-6-15(19)11-20-17)10-16-13(3)8-12(2)9-14(16)4/h6-9,11,21H,5,10H2,1-4H3. The van der Waals surface area contributed by atoms with Gasteiger partial charge in [0.05, 0.1) is 11.9 Å². The average Bonchev–Trinajstić information content (AvgIpc) is 2.43. The van der Waals surface area contributed by atoms with Gasteiger partial charge < -0.3 is 5.11 Å². The Morgan fingerprint density at radius 3 is 2.24 bits per heavy atom. The van der Waals surface area contributed by atoms with E-state index < -0.39 is 5.60 Å². The zero-order chi connectivity index (χ0) is 15.6. The summed E-state index contributed by atoms with van der Waals surface area (Å²) in [5.74, 6) is -0.389. The lowest BCUT2D eigenvalue weighted by atomic mass is 9.84. The van der Waals surface area contributed by atoms with Crippen LogP contribution in [0.3, 0.4) is 0 Å². The fraction of sp³-hybridized carbons (Fsp3) is 0.389. The van der Waals surface area contributed by atoms with Crippen LogP contribution in [0.25, 0.3) is 0 Å². The summed E-state index contributed by atoms with van der Waals surface area (Å²) in [4.78, 5) is 4.07. The van der Waals surface area contributed by atoms with Crippen molar-refractivity contribution in [3.05, 3.63) is 64.2 Å². The van der Waals surface area contributed by atoms with Gasteiger partial charge in [-0.05, 0) is 56.0 Å². The minimum atomic E-state index is -1.07. The Labute approximate surface area is 125 Å². The quantitative estimate of drug-likeness (QED) is 0.922. The van der Waals surface area contributed by atoms with Crippen LogP contribution in [0.15, 0.2) is 30.5 Å². The third-order valence-corrected chi connectivity index (χ3v) is 4.10. The summed E-state index contributed by atoms with van der Waals surface area (Å²) in [6.07, 6.45) is 2.17. The van der Waals surface area contributed by atoms with Crippen LogP contribution in [-0.4, -0.2) is 10.1 Å². The Kier molecular flexibility index (Phi) is 4.43. The van der Waals surface area contributed by atoms with Crippen LogP contribution in [0.1, 0.15) is 41.3 Å². The van der Waals surface area contributed by atoms with E-state index in [0.29, 0.717) is 18.5 Å². The second-order valence-corrected chi connectivity index (χ2v) is 5.80. The van der Waals surface area contributed by atoms with Gasteiger partial charge in [0, 0.05) is 6.42 Å². The first-order chi connectivity index (χ1) is 9.85. The number of nitrogens with zero attached hydrogens (tertiary/aromatic N) is 1. The first-order valence-corrected chi connectivity index (χ1v) is 7.27. The lowest BCUT2D eigenvalue weighted by molar-refractivity contribution is 0.0279. The topological polar surface area (TPSA) is 33.1 Å². The van der Waals surface area contributed by atoms with Gasteiger partial charge in [-0.25, -0.2) is 4.39 Å². The third-order valence-electron chi connectivity index (χ3n) is 4.10. The molecule has 1 aromatic heterocycles. The molecule has 0 aliphatic carbocycles. The van der Waals surface area contributed by atoms with Crippen molar-refractivity contribution < 1.29 is 9.50 Å². The SMILES string of the molecule is CCC(O)(Cc1c(C)cc(C)cc1C)c1ccc(F)cn1. The van der Waals surface area contributed by atoms with Gasteiger partial charge in [-0.2, -0.15) is 0 Å². The van der Waals surface area contributed by atoms with Crippen molar-refractivity contribution in [1.82, 2.24) is 4.98 Å². The molecule has 0 bridgehead atoms. The van der Waals surface area contributed by atoms with Crippen molar-refractivity contribution in [1.29, 1.82) is 0 Å². The predicted octanol–water partition coefficient (Wildman–Crippen LogP) is 3.99. The Bertz CT molecular complexity index is 613. The van der Waals surface area contributed by atoms with E-state index in [0.717, 1.165) is 11.8 Å². The number of aliphatic hydroxyl groups is 1. The number of rotatable bonds is 4. The monoisotopic (exact) mass is 287 g/mol. The van der Waals surface area contributed by atoms with Crippen LogP contribution in [-0.2, 0) is 12.0 Å². The molecule has 2 aromatic rings. The van der Waals surface area contributed by atoms with Crippen LogP contribution >= 0.6 is 0 Å². The summed E-state index contributed by atoms with van der Waals surface area (Å²) in [5.41, 5.74) is 4.14. The molecule has 1 N–H and O–H groups in total. The fourth-order valence-electron chi connectivity index (χ4n) is 2.83. The van der Waals surface area contributed by atoms with Crippen molar-refractivity contribution in [2.75, 3.05) is 0 Å². The first-order valence-electron chi connectivity index (χ1n) is 7.27. The number of hydrogen-bond acceptors (Lipinski definition) is 2. The van der Waals surface area contributed by atoms with Crippen LogP contribution in [0, 0.1) is 26.6 Å². The summed E-state index contributed by atoms with van der Waals surface area (Å²) < 4.78 is 13.0. The van der Waals surface area contributed by atoms with Gasteiger partial charge in [0.25, 0.3) is 0 Å². The second kappa shape index (κ2) is 5.94. The molecule has 0 saturated heterocycles. The van der Waals surface area contributed by atoms with Crippen LogP contribution in [0.5, 0.6) is 0 Å². The van der Waals surface area contributed by atoms with E-state index in [4.69, 9.17) is 0 Å². The van der Waals surface area contributed by atoms with E-state index in [1.807, 2.05) is 6.92 Å². The maximum absolute atomic E-state index is 13.0. The van der Waals surface area contributed by atoms with E-state index >= 15 is 0 Å². The smallest absolute Gasteiger partial charge is 0.141 e. The molecule has 2 rings (SSSR count). The molecule has 0 radical (unpaired) electrons. The number of aryl methyl sites for hydroxylation is 3. The van der Waals surface area contributed by atoms with Crippen LogP contribution in [0.4, 0.5) is 4.39 Å². The largest absolute Gasteiger partial charge is 0.383 e. The summed E-state index contributed by atoms with van der Waals surface area (Å²) in [5, 5.41) is 11.0. The zero-order valence-corrected chi connectivity index (χ0v) is 13.1. The van der Waals surface area contributed by atoms with E-state index in [1.165, 1.54) is 22.8 Å². The molecule has 112 valence electrons. The molecule has 0 aliphatic heterocycles. The number of pyridine rings is 1. The van der Waals surface area contributed by atoms with Crippen molar-refractivity contribution >= 4 is 0 Å². The molecule has 0 aliphatic rings. The van der Waals surface area contributed by atoms with Gasteiger partial charge in [-0.1, -0.05) is 24.6 Å². The highest BCUT2D eigenvalue weighted by atomic mass is 19.1. The summed E-state index contributed by atoms with van der Waals surface area (Å²) in [6, 6.07) is 7.16. The highest BCUT2D eigenvalue weighted by Gasteiger charge is 2.30. The Morgan fingerprint density at radius 2 is 1.76 bits per heavy atom. The molecule has 2 nitrogen and oxygen atoms in total. The van der Waals surface area contributed by atoms with Crippen LogP contribution in [0.2, 0.25) is 0 Å². The summed E-state index contributed by atoms with van der Waals surface area (Å²) in [6.45, 7) is 8.11. The normalized spacial score (nSPS) is 14.0. The van der Waals surface area contributed by atoms with Gasteiger partial charge in [-0.15, -0.1) is 0 Å². The number of benzene rings is 1. The molecule has 1 atom stereocenters. The van der Waals surface area contributed by atoms with E-state index in [-0.39, 0.29) is 5.82 Å². The minimum absolute atomic E-state index is 0.389. The zero-order valence-electron chi connectivity index (χ0n) is 13.1. The maximum Gasteiger partial charge on any atom is 0.141 e. The number of hydrogen-bond donors (Lipinski definition) is 1. The Hall–Kier alpha value is -1.74. The summed E-state index contributed by atoms with van der Waals surface area (Å²) in [7, 11) is 0. The highest BCUT2D eigenvalue weighted by Crippen LogP contribution is 2.30. The number of aromatic nitrogens is 1. The highest BCUT2D eigenvalue weighted by molar-refractivity contribution is 5.39. The van der Waals surface area contributed by atoms with Crippen LogP contribution < -0.4 is 0 Å². The molecular formula is C18H22FNO. The third kappa shape index (κ3) is 3.30. The van der Waals surface area contributed by atoms with Gasteiger partial charge in [0.2, 0.25) is 0 Å². The fourth-order valence-corrected chi connectivity index (χ4v) is 2.83. The lowest BCUT2D eigenvalue weighted by Crippen LogP contribution is -2.29. The van der Waals surface area contributed by atoms with E-state index in [1.54, 1.807) is 6.07 Å². The molecule has 0 amide bonds. The van der Waals surface area contributed by atoms with Crippen molar-refractivity contribution in [2.24, 2.45) is 0 Å². The molecule has 21 heavy (non-hydrogen) atoms. The van der Waals surface area contributed by atoms with Gasteiger partial charge >= 0.3 is 0 Å². The Balaban J connectivity index is 2.41. The molecule has 1 heterocycles. The molecule has 1 aromatic carbocycles. The molecule has 1 unspecified atom stereocenters. The minimum Gasteiger partial charge on any atom is -0.383 e. The Morgan fingerprint density at radius 1 is 1.14 bits per heavy atom. The van der Waals surface area contributed by atoms with Crippen molar-refractivity contribution in [3.63, 3.8) is 0 Å². The van der Waals surface area contributed by atoms with Gasteiger partial charge in [0.1, 0.15) is 11.4 Å². The number of halogens is 1. The molecular weight excluding hydrogens is 265 g/mol. The molecule has 0 spiro atoms. The van der Waals surface area contributed by atoms with E-state index in [2.05, 4.69) is 37.9 Å². The average molecular weight is 287 g/mol. The first kappa shape index (κ1) is 15.6. The van der Waals surface area contributed by atoms with E-state index in [9.17, 15) is 9.50 Å².